The molecule has 0 atom stereocenters. The van der Waals surface area contributed by atoms with E-state index in [0.717, 1.165) is 17.7 Å². The molecule has 0 fully saturated rings. The minimum absolute atomic E-state index is 0.920. The molecular formula is C17H14O. The van der Waals surface area contributed by atoms with E-state index < -0.39 is 0 Å². The summed E-state index contributed by atoms with van der Waals surface area (Å²) in [6, 6.07) is 12.3. The van der Waals surface area contributed by atoms with Gasteiger partial charge in [-0.25, -0.2) is 0 Å². The molecule has 1 heteroatoms. The Labute approximate surface area is 107 Å². The van der Waals surface area contributed by atoms with Crippen molar-refractivity contribution in [2.24, 2.45) is 0 Å². The zero-order chi connectivity index (χ0) is 12.2. The van der Waals surface area contributed by atoms with Gasteiger partial charge in [0.05, 0.1) is 6.26 Å². The second-order valence-electron chi connectivity index (χ2n) is 4.23. The summed E-state index contributed by atoms with van der Waals surface area (Å²) in [7, 11) is 0. The first-order valence-corrected chi connectivity index (χ1v) is 6.11. The molecule has 1 aromatic heterocycles. The van der Waals surface area contributed by atoms with Crippen molar-refractivity contribution in [3.05, 3.63) is 78.6 Å². The third kappa shape index (κ3) is 2.07. The molecule has 0 amide bonds. The molecule has 0 bridgehead atoms. The van der Waals surface area contributed by atoms with Gasteiger partial charge in [0.15, 0.2) is 0 Å². The number of allylic oxidation sites excluding steroid dienone is 6. The van der Waals surface area contributed by atoms with Gasteiger partial charge in [-0.3, -0.25) is 0 Å². The smallest absolute Gasteiger partial charge is 0.134 e. The van der Waals surface area contributed by atoms with Crippen molar-refractivity contribution in [2.75, 3.05) is 0 Å². The van der Waals surface area contributed by atoms with Gasteiger partial charge in [0.1, 0.15) is 5.76 Å². The Morgan fingerprint density at radius 1 is 0.833 bits per heavy atom. The van der Waals surface area contributed by atoms with Gasteiger partial charge in [0.2, 0.25) is 0 Å². The molecule has 0 unspecified atom stereocenters. The molecule has 2 aromatic rings. The summed E-state index contributed by atoms with van der Waals surface area (Å²) in [6.07, 6.45) is 13.2. The molecular weight excluding hydrogens is 220 g/mol. The van der Waals surface area contributed by atoms with Crippen LogP contribution in [0, 0.1) is 0 Å². The first kappa shape index (κ1) is 10.8. The number of benzene rings is 1. The minimum Gasteiger partial charge on any atom is -0.464 e. The second kappa shape index (κ2) is 4.92. The SMILES string of the molecule is C1=CC=C(c2ccccc2-c2ccco2)CC=C1. The van der Waals surface area contributed by atoms with Crippen LogP contribution in [-0.2, 0) is 0 Å². The number of hydrogen-bond donors (Lipinski definition) is 0. The molecule has 1 aromatic carbocycles. The Kier molecular flexibility index (Phi) is 2.97. The lowest BCUT2D eigenvalue weighted by Crippen LogP contribution is -1.87. The van der Waals surface area contributed by atoms with Gasteiger partial charge in [0, 0.05) is 5.56 Å². The van der Waals surface area contributed by atoms with Crippen LogP contribution in [-0.4, -0.2) is 0 Å². The lowest BCUT2D eigenvalue weighted by Gasteiger charge is -2.09. The highest BCUT2D eigenvalue weighted by Gasteiger charge is 2.10. The lowest BCUT2D eigenvalue weighted by molar-refractivity contribution is 0.582. The fourth-order valence-corrected chi connectivity index (χ4v) is 2.19. The van der Waals surface area contributed by atoms with Gasteiger partial charge in [0.25, 0.3) is 0 Å². The number of furan rings is 1. The normalized spacial score (nSPS) is 14.3. The molecule has 0 saturated heterocycles. The summed E-state index contributed by atoms with van der Waals surface area (Å²) in [6.45, 7) is 0. The molecule has 1 aliphatic rings. The molecule has 0 N–H and O–H groups in total. The molecule has 0 saturated carbocycles. The van der Waals surface area contributed by atoms with Crippen LogP contribution in [0.25, 0.3) is 16.9 Å². The summed E-state index contributed by atoms with van der Waals surface area (Å²) in [5.41, 5.74) is 3.70. The van der Waals surface area contributed by atoms with Crippen molar-refractivity contribution >= 4 is 5.57 Å². The Morgan fingerprint density at radius 3 is 2.56 bits per heavy atom. The number of hydrogen-bond acceptors (Lipinski definition) is 1. The topological polar surface area (TPSA) is 13.1 Å². The second-order valence-corrected chi connectivity index (χ2v) is 4.23. The van der Waals surface area contributed by atoms with Crippen LogP contribution in [0.3, 0.4) is 0 Å². The Morgan fingerprint density at radius 2 is 1.72 bits per heavy atom. The molecule has 88 valence electrons. The van der Waals surface area contributed by atoms with E-state index in [2.05, 4.69) is 48.6 Å². The quantitative estimate of drug-likeness (QED) is 0.724. The average molecular weight is 234 g/mol. The van der Waals surface area contributed by atoms with Crippen LogP contribution in [0.1, 0.15) is 12.0 Å². The predicted octanol–water partition coefficient (Wildman–Crippen LogP) is 4.85. The summed E-state index contributed by atoms with van der Waals surface area (Å²) in [4.78, 5) is 0. The maximum atomic E-state index is 5.52. The molecule has 1 heterocycles. The van der Waals surface area contributed by atoms with Gasteiger partial charge in [-0.05, 0) is 29.7 Å². The summed E-state index contributed by atoms with van der Waals surface area (Å²) < 4.78 is 5.52. The van der Waals surface area contributed by atoms with Crippen molar-refractivity contribution in [1.82, 2.24) is 0 Å². The van der Waals surface area contributed by atoms with Crippen LogP contribution in [0.15, 0.2) is 77.5 Å². The van der Waals surface area contributed by atoms with E-state index >= 15 is 0 Å². The monoisotopic (exact) mass is 234 g/mol. The zero-order valence-electron chi connectivity index (χ0n) is 10.0. The maximum absolute atomic E-state index is 5.52. The van der Waals surface area contributed by atoms with Crippen LogP contribution in [0.2, 0.25) is 0 Å². The Hall–Kier alpha value is -2.28. The molecule has 1 nitrogen and oxygen atoms in total. The zero-order valence-corrected chi connectivity index (χ0v) is 10.0. The summed E-state index contributed by atoms with van der Waals surface area (Å²) in [5.74, 6) is 0.920. The van der Waals surface area contributed by atoms with Gasteiger partial charge in [-0.2, -0.15) is 0 Å². The van der Waals surface area contributed by atoms with E-state index in [9.17, 15) is 0 Å². The molecule has 1 aliphatic carbocycles. The van der Waals surface area contributed by atoms with Crippen molar-refractivity contribution in [1.29, 1.82) is 0 Å². The van der Waals surface area contributed by atoms with Crippen LogP contribution < -0.4 is 0 Å². The molecule has 0 aliphatic heterocycles. The first-order chi connectivity index (χ1) is 8.95. The summed E-state index contributed by atoms with van der Waals surface area (Å²) in [5, 5.41) is 0. The van der Waals surface area contributed by atoms with Crippen LogP contribution in [0.5, 0.6) is 0 Å². The third-order valence-corrected chi connectivity index (χ3v) is 3.05. The fourth-order valence-electron chi connectivity index (χ4n) is 2.19. The Balaban J connectivity index is 2.10. The van der Waals surface area contributed by atoms with Gasteiger partial charge in [-0.1, -0.05) is 54.6 Å². The number of rotatable bonds is 2. The van der Waals surface area contributed by atoms with E-state index in [-0.39, 0.29) is 0 Å². The highest BCUT2D eigenvalue weighted by atomic mass is 16.3. The van der Waals surface area contributed by atoms with Gasteiger partial charge >= 0.3 is 0 Å². The minimum atomic E-state index is 0.920. The highest BCUT2D eigenvalue weighted by molar-refractivity contribution is 5.80. The molecule has 18 heavy (non-hydrogen) atoms. The molecule has 0 spiro atoms. The van der Waals surface area contributed by atoms with Gasteiger partial charge < -0.3 is 4.42 Å². The van der Waals surface area contributed by atoms with Crippen LogP contribution in [0.4, 0.5) is 0 Å². The van der Waals surface area contributed by atoms with E-state index in [1.807, 2.05) is 18.2 Å². The van der Waals surface area contributed by atoms with E-state index in [4.69, 9.17) is 4.42 Å². The largest absolute Gasteiger partial charge is 0.464 e. The standard InChI is InChI=1S/C17H14O/c1-2-4-9-14(8-3-1)15-10-5-6-11-16(15)17-12-7-13-18-17/h1-8,10-13H,9H2. The van der Waals surface area contributed by atoms with Crippen LogP contribution >= 0.6 is 0 Å². The van der Waals surface area contributed by atoms with Crippen molar-refractivity contribution in [2.45, 2.75) is 6.42 Å². The third-order valence-electron chi connectivity index (χ3n) is 3.05. The fraction of sp³-hybridized carbons (Fsp3) is 0.0588. The van der Waals surface area contributed by atoms with Crippen molar-refractivity contribution < 1.29 is 4.42 Å². The van der Waals surface area contributed by atoms with E-state index in [0.29, 0.717) is 0 Å². The van der Waals surface area contributed by atoms with E-state index in [1.165, 1.54) is 11.1 Å². The lowest BCUT2D eigenvalue weighted by atomic mass is 9.96. The first-order valence-electron chi connectivity index (χ1n) is 6.11. The van der Waals surface area contributed by atoms with Crippen molar-refractivity contribution in [3.63, 3.8) is 0 Å². The highest BCUT2D eigenvalue weighted by Crippen LogP contribution is 2.31. The van der Waals surface area contributed by atoms with E-state index in [1.54, 1.807) is 6.26 Å². The Bertz CT molecular complexity index is 613. The van der Waals surface area contributed by atoms with Crippen molar-refractivity contribution in [3.8, 4) is 11.3 Å². The average Bonchev–Trinajstić information content (AvgIpc) is 2.81. The molecule has 3 rings (SSSR count). The maximum Gasteiger partial charge on any atom is 0.134 e. The summed E-state index contributed by atoms with van der Waals surface area (Å²) >= 11 is 0. The molecule has 0 radical (unpaired) electrons. The van der Waals surface area contributed by atoms with Gasteiger partial charge in [-0.15, -0.1) is 0 Å². The predicted molar refractivity (Wildman–Crippen MR) is 75.0 cm³/mol.